The van der Waals surface area contributed by atoms with Crippen molar-refractivity contribution in [3.05, 3.63) is 127 Å². The molecular formula is C36H21NO. The van der Waals surface area contributed by atoms with E-state index in [1.165, 1.54) is 65.3 Å². The van der Waals surface area contributed by atoms with Crippen molar-refractivity contribution in [1.29, 1.82) is 0 Å². The number of fused-ring (bicyclic) bond motifs is 6. The minimum absolute atomic E-state index is 0.940. The average molecular weight is 484 g/mol. The number of nitrogens with zero attached hydrogens (tertiary/aromatic N) is 1. The number of benzene rings is 7. The highest BCUT2D eigenvalue weighted by atomic mass is 16.3. The van der Waals surface area contributed by atoms with Gasteiger partial charge in [0.2, 0.25) is 0 Å². The molecule has 0 saturated heterocycles. The van der Waals surface area contributed by atoms with Crippen molar-refractivity contribution in [1.82, 2.24) is 4.57 Å². The highest BCUT2D eigenvalue weighted by molar-refractivity contribution is 6.35. The Bertz CT molecular complexity index is 2280. The Kier molecular flexibility index (Phi) is 3.82. The summed E-state index contributed by atoms with van der Waals surface area (Å²) in [5, 5.41) is 9.96. The Morgan fingerprint density at radius 2 is 1.11 bits per heavy atom. The molecule has 2 aromatic heterocycles. The van der Waals surface area contributed by atoms with Crippen molar-refractivity contribution in [2.75, 3.05) is 0 Å². The summed E-state index contributed by atoms with van der Waals surface area (Å²) in [5.74, 6) is 0. The van der Waals surface area contributed by atoms with E-state index >= 15 is 0 Å². The molecule has 0 radical (unpaired) electrons. The monoisotopic (exact) mass is 483 g/mol. The van der Waals surface area contributed by atoms with Gasteiger partial charge in [0.05, 0.1) is 11.0 Å². The number of rotatable bonds is 2. The van der Waals surface area contributed by atoms with Crippen LogP contribution in [-0.2, 0) is 0 Å². The van der Waals surface area contributed by atoms with Crippen molar-refractivity contribution in [3.63, 3.8) is 0 Å². The summed E-state index contributed by atoms with van der Waals surface area (Å²) in [6, 6.07) is 45.8. The molecule has 0 spiro atoms. The Labute approximate surface area is 218 Å². The van der Waals surface area contributed by atoms with E-state index < -0.39 is 0 Å². The molecule has 0 unspecified atom stereocenters. The maximum absolute atomic E-state index is 6.39. The lowest BCUT2D eigenvalue weighted by atomic mass is 9.89. The molecule has 2 heteroatoms. The molecule has 9 aromatic rings. The summed E-state index contributed by atoms with van der Waals surface area (Å²) in [6.07, 6.45) is 0. The first kappa shape index (κ1) is 20.0. The second kappa shape index (κ2) is 7.24. The molecule has 0 aliphatic heterocycles. The van der Waals surface area contributed by atoms with E-state index in [1.54, 1.807) is 0 Å². The van der Waals surface area contributed by atoms with Crippen molar-refractivity contribution in [3.8, 4) is 16.8 Å². The summed E-state index contributed by atoms with van der Waals surface area (Å²) < 4.78 is 8.79. The van der Waals surface area contributed by atoms with E-state index in [0.717, 1.165) is 16.9 Å². The maximum atomic E-state index is 6.39. The third-order valence-electron chi connectivity index (χ3n) is 8.15. The van der Waals surface area contributed by atoms with E-state index in [2.05, 4.69) is 132 Å². The van der Waals surface area contributed by atoms with Gasteiger partial charge in [0.15, 0.2) is 0 Å². The Hall–Kier alpha value is -5.08. The molecule has 0 atom stereocenters. The van der Waals surface area contributed by atoms with E-state index in [9.17, 15) is 0 Å². The first-order chi connectivity index (χ1) is 18.9. The third-order valence-corrected chi connectivity index (χ3v) is 8.15. The summed E-state index contributed by atoms with van der Waals surface area (Å²) in [7, 11) is 0. The van der Waals surface area contributed by atoms with Crippen LogP contribution in [0, 0.1) is 0 Å². The molecule has 7 aromatic carbocycles. The predicted molar refractivity (Wildman–Crippen MR) is 160 cm³/mol. The largest absolute Gasteiger partial charge is 0.456 e. The van der Waals surface area contributed by atoms with Gasteiger partial charge in [-0.15, -0.1) is 0 Å². The standard InChI is InChI=1S/C36H21NO/c1-2-9-22(10-3-1)24-19-20-33-36-34(24)29-21-23(17-18-25(29)28-13-8-16-32(38-33)35(28)36)37-30-14-6-4-11-26(30)27-12-5-7-15-31(27)37/h1-21H. The second-order valence-electron chi connectivity index (χ2n) is 10.1. The summed E-state index contributed by atoms with van der Waals surface area (Å²) in [4.78, 5) is 0. The van der Waals surface area contributed by atoms with Crippen LogP contribution >= 0.6 is 0 Å². The average Bonchev–Trinajstić information content (AvgIpc) is 3.53. The maximum Gasteiger partial charge on any atom is 0.136 e. The summed E-state index contributed by atoms with van der Waals surface area (Å²) >= 11 is 0. The molecular weight excluding hydrogens is 462 g/mol. The summed E-state index contributed by atoms with van der Waals surface area (Å²) in [6.45, 7) is 0. The number of hydrogen-bond donors (Lipinski definition) is 0. The lowest BCUT2D eigenvalue weighted by Crippen LogP contribution is -1.94. The minimum Gasteiger partial charge on any atom is -0.456 e. The van der Waals surface area contributed by atoms with Gasteiger partial charge < -0.3 is 8.98 Å². The molecule has 176 valence electrons. The lowest BCUT2D eigenvalue weighted by Gasteiger charge is -2.15. The highest BCUT2D eigenvalue weighted by Gasteiger charge is 2.21. The van der Waals surface area contributed by atoms with Gasteiger partial charge in [0, 0.05) is 32.6 Å². The first-order valence-corrected chi connectivity index (χ1v) is 13.0. The Morgan fingerprint density at radius 3 is 1.89 bits per heavy atom. The van der Waals surface area contributed by atoms with Gasteiger partial charge in [-0.25, -0.2) is 0 Å². The molecule has 9 rings (SSSR count). The molecule has 0 N–H and O–H groups in total. The Morgan fingerprint density at radius 1 is 0.421 bits per heavy atom. The van der Waals surface area contributed by atoms with Crippen molar-refractivity contribution < 1.29 is 4.42 Å². The second-order valence-corrected chi connectivity index (χ2v) is 10.1. The topological polar surface area (TPSA) is 18.1 Å². The fraction of sp³-hybridized carbons (Fsp3) is 0. The molecule has 2 heterocycles. The zero-order valence-corrected chi connectivity index (χ0v) is 20.5. The first-order valence-electron chi connectivity index (χ1n) is 13.0. The Balaban J connectivity index is 1.49. The quantitative estimate of drug-likeness (QED) is 0.224. The normalized spacial score (nSPS) is 12.2. The number of aromatic nitrogens is 1. The van der Waals surface area contributed by atoms with Gasteiger partial charge in [0.1, 0.15) is 11.2 Å². The molecule has 0 aliphatic carbocycles. The zero-order chi connectivity index (χ0) is 24.8. The van der Waals surface area contributed by atoms with Crippen molar-refractivity contribution >= 4 is 65.3 Å². The molecule has 2 nitrogen and oxygen atoms in total. The van der Waals surface area contributed by atoms with E-state index in [4.69, 9.17) is 4.42 Å². The van der Waals surface area contributed by atoms with Crippen LogP contribution in [0.15, 0.2) is 132 Å². The minimum atomic E-state index is 0.940. The van der Waals surface area contributed by atoms with Crippen LogP contribution in [0.1, 0.15) is 0 Å². The fourth-order valence-corrected chi connectivity index (χ4v) is 6.59. The van der Waals surface area contributed by atoms with Crippen LogP contribution < -0.4 is 0 Å². The SMILES string of the molecule is c1ccc(-c2ccc3oc4cccc5c6ccc(-n7c8ccccc8c8ccccc87)cc6c2c3c45)cc1. The smallest absolute Gasteiger partial charge is 0.136 e. The van der Waals surface area contributed by atoms with Crippen LogP contribution in [0.25, 0.3) is 82.1 Å². The van der Waals surface area contributed by atoms with Crippen molar-refractivity contribution in [2.24, 2.45) is 0 Å². The van der Waals surface area contributed by atoms with Crippen molar-refractivity contribution in [2.45, 2.75) is 0 Å². The molecule has 0 bridgehead atoms. The van der Waals surface area contributed by atoms with E-state index in [1.807, 2.05) is 0 Å². The molecule has 38 heavy (non-hydrogen) atoms. The van der Waals surface area contributed by atoms with Crippen LogP contribution in [0.2, 0.25) is 0 Å². The van der Waals surface area contributed by atoms with Gasteiger partial charge in [0.25, 0.3) is 0 Å². The lowest BCUT2D eigenvalue weighted by molar-refractivity contribution is 0.669. The predicted octanol–water partition coefficient (Wildman–Crippen LogP) is 10.1. The molecule has 0 fully saturated rings. The number of hydrogen-bond acceptors (Lipinski definition) is 1. The van der Waals surface area contributed by atoms with E-state index in [0.29, 0.717) is 0 Å². The van der Waals surface area contributed by atoms with Crippen LogP contribution in [-0.4, -0.2) is 4.57 Å². The van der Waals surface area contributed by atoms with E-state index in [-0.39, 0.29) is 0 Å². The summed E-state index contributed by atoms with van der Waals surface area (Å²) in [5.41, 5.74) is 7.93. The van der Waals surface area contributed by atoms with Gasteiger partial charge in [-0.2, -0.15) is 0 Å². The van der Waals surface area contributed by atoms with Gasteiger partial charge in [-0.1, -0.05) is 91.0 Å². The molecule has 0 amide bonds. The van der Waals surface area contributed by atoms with Gasteiger partial charge in [-0.3, -0.25) is 0 Å². The van der Waals surface area contributed by atoms with Gasteiger partial charge >= 0.3 is 0 Å². The van der Waals surface area contributed by atoms with Crippen LogP contribution in [0.5, 0.6) is 0 Å². The van der Waals surface area contributed by atoms with Gasteiger partial charge in [-0.05, 0) is 63.7 Å². The molecule has 0 aliphatic rings. The third kappa shape index (κ3) is 2.51. The molecule has 0 saturated carbocycles. The fourth-order valence-electron chi connectivity index (χ4n) is 6.59. The van der Waals surface area contributed by atoms with Crippen LogP contribution in [0.4, 0.5) is 0 Å². The zero-order valence-electron chi connectivity index (χ0n) is 20.5. The highest BCUT2D eigenvalue weighted by Crippen LogP contribution is 2.46. The van der Waals surface area contributed by atoms with Crippen LogP contribution in [0.3, 0.4) is 0 Å². The number of furan rings is 1. The number of para-hydroxylation sites is 2.